The van der Waals surface area contributed by atoms with Gasteiger partial charge in [-0.1, -0.05) is 17.3 Å². The highest BCUT2D eigenvalue weighted by Crippen LogP contribution is 2.37. The van der Waals surface area contributed by atoms with Crippen LogP contribution in [0.15, 0.2) is 45.9 Å². The predicted molar refractivity (Wildman–Crippen MR) is 93.6 cm³/mol. The van der Waals surface area contributed by atoms with Crippen LogP contribution in [-0.2, 0) is 10.0 Å². The Labute approximate surface area is 146 Å². The maximum atomic E-state index is 13.4. The Hall–Kier alpha value is -2.25. The quantitative estimate of drug-likeness (QED) is 0.718. The van der Waals surface area contributed by atoms with Crippen molar-refractivity contribution in [3.8, 4) is 0 Å². The Morgan fingerprint density at radius 1 is 1.24 bits per heavy atom. The fourth-order valence-electron chi connectivity index (χ4n) is 3.44. The van der Waals surface area contributed by atoms with E-state index < -0.39 is 10.0 Å². The van der Waals surface area contributed by atoms with Crippen LogP contribution in [0.4, 0.5) is 0 Å². The molecule has 4 rings (SSSR count). The second kappa shape index (κ2) is 5.93. The minimum absolute atomic E-state index is 0.247. The van der Waals surface area contributed by atoms with E-state index in [9.17, 15) is 8.42 Å². The highest BCUT2D eigenvalue weighted by Gasteiger charge is 2.38. The van der Waals surface area contributed by atoms with Gasteiger partial charge in [-0.05, 0) is 44.4 Å². The molecule has 1 fully saturated rings. The van der Waals surface area contributed by atoms with Gasteiger partial charge in [-0.2, -0.15) is 4.31 Å². The molecule has 0 aliphatic carbocycles. The number of para-hydroxylation sites is 1. The number of hydrogen-bond donors (Lipinski definition) is 0. The standard InChI is InChI=1S/C18H19N3O3S/c1-12-9-14-5-3-7-17(18(14)19-11-12)25(22,23)21-8-4-6-16(21)15-10-13(2)24-20-15/h3,5,7,9-11,16H,4,6,8H2,1-2H3. The number of pyridine rings is 1. The first-order chi connectivity index (χ1) is 12.0. The van der Waals surface area contributed by atoms with Crippen LogP contribution in [0.5, 0.6) is 0 Å². The van der Waals surface area contributed by atoms with E-state index in [4.69, 9.17) is 4.52 Å². The van der Waals surface area contributed by atoms with Crippen molar-refractivity contribution in [1.29, 1.82) is 0 Å². The van der Waals surface area contributed by atoms with E-state index in [2.05, 4.69) is 10.1 Å². The number of hydrogen-bond acceptors (Lipinski definition) is 5. The first kappa shape index (κ1) is 16.2. The molecule has 25 heavy (non-hydrogen) atoms. The molecule has 1 aliphatic rings. The fourth-order valence-corrected chi connectivity index (χ4v) is 5.28. The summed E-state index contributed by atoms with van der Waals surface area (Å²) in [6.07, 6.45) is 3.24. The molecule has 3 heterocycles. The van der Waals surface area contributed by atoms with Crippen LogP contribution >= 0.6 is 0 Å². The van der Waals surface area contributed by atoms with Crippen LogP contribution in [0.1, 0.15) is 35.9 Å². The summed E-state index contributed by atoms with van der Waals surface area (Å²) in [6.45, 7) is 4.22. The molecule has 0 bridgehead atoms. The Balaban J connectivity index is 1.82. The third-order valence-electron chi connectivity index (χ3n) is 4.59. The van der Waals surface area contributed by atoms with E-state index in [1.54, 1.807) is 25.3 Å². The molecule has 1 aliphatic heterocycles. The van der Waals surface area contributed by atoms with E-state index >= 15 is 0 Å². The zero-order chi connectivity index (χ0) is 17.6. The molecular weight excluding hydrogens is 338 g/mol. The maximum Gasteiger partial charge on any atom is 0.245 e. The minimum Gasteiger partial charge on any atom is -0.361 e. The molecule has 1 aromatic carbocycles. The summed E-state index contributed by atoms with van der Waals surface area (Å²) in [7, 11) is -3.68. The molecule has 0 spiro atoms. The Morgan fingerprint density at radius 2 is 2.08 bits per heavy atom. The van der Waals surface area contributed by atoms with Crippen LogP contribution in [-0.4, -0.2) is 29.4 Å². The number of benzene rings is 1. The normalized spacial score (nSPS) is 18.9. The summed E-state index contributed by atoms with van der Waals surface area (Å²) in [6, 6.07) is 8.75. The number of fused-ring (bicyclic) bond motifs is 1. The maximum absolute atomic E-state index is 13.4. The van der Waals surface area contributed by atoms with E-state index in [-0.39, 0.29) is 10.9 Å². The summed E-state index contributed by atoms with van der Waals surface area (Å²) in [4.78, 5) is 4.63. The number of sulfonamides is 1. The van der Waals surface area contributed by atoms with Crippen molar-refractivity contribution in [2.75, 3.05) is 6.54 Å². The number of nitrogens with zero attached hydrogens (tertiary/aromatic N) is 3. The average molecular weight is 357 g/mol. The van der Waals surface area contributed by atoms with Gasteiger partial charge < -0.3 is 4.52 Å². The molecule has 2 aromatic heterocycles. The lowest BCUT2D eigenvalue weighted by Crippen LogP contribution is -2.31. The van der Waals surface area contributed by atoms with Gasteiger partial charge in [-0.25, -0.2) is 8.42 Å². The highest BCUT2D eigenvalue weighted by atomic mass is 32.2. The average Bonchev–Trinajstić information content (AvgIpc) is 3.22. The first-order valence-electron chi connectivity index (χ1n) is 8.27. The first-order valence-corrected chi connectivity index (χ1v) is 9.71. The van der Waals surface area contributed by atoms with E-state index in [0.29, 0.717) is 23.5 Å². The summed E-state index contributed by atoms with van der Waals surface area (Å²) >= 11 is 0. The van der Waals surface area contributed by atoms with Gasteiger partial charge in [0.05, 0.1) is 11.6 Å². The molecule has 7 heteroatoms. The second-order valence-electron chi connectivity index (χ2n) is 6.48. The van der Waals surface area contributed by atoms with Crippen LogP contribution in [0.2, 0.25) is 0 Å². The number of aromatic nitrogens is 2. The van der Waals surface area contributed by atoms with Crippen molar-refractivity contribution in [2.24, 2.45) is 0 Å². The molecule has 1 saturated heterocycles. The van der Waals surface area contributed by atoms with Crippen LogP contribution < -0.4 is 0 Å². The number of rotatable bonds is 3. The van der Waals surface area contributed by atoms with Gasteiger partial charge in [0.2, 0.25) is 10.0 Å². The second-order valence-corrected chi connectivity index (χ2v) is 8.34. The van der Waals surface area contributed by atoms with E-state index in [1.807, 2.05) is 25.1 Å². The van der Waals surface area contributed by atoms with E-state index in [1.165, 1.54) is 4.31 Å². The van der Waals surface area contributed by atoms with Gasteiger partial charge in [0.25, 0.3) is 0 Å². The summed E-state index contributed by atoms with van der Waals surface area (Å²) in [5, 5.41) is 4.86. The molecule has 130 valence electrons. The zero-order valence-electron chi connectivity index (χ0n) is 14.1. The largest absolute Gasteiger partial charge is 0.361 e. The lowest BCUT2D eigenvalue weighted by Gasteiger charge is -2.23. The van der Waals surface area contributed by atoms with Crippen LogP contribution in [0.3, 0.4) is 0 Å². The van der Waals surface area contributed by atoms with Gasteiger partial charge >= 0.3 is 0 Å². The number of aryl methyl sites for hydroxylation is 2. The van der Waals surface area contributed by atoms with Crippen molar-refractivity contribution in [3.05, 3.63) is 53.5 Å². The summed E-state index contributed by atoms with van der Waals surface area (Å²) in [5.74, 6) is 0.682. The van der Waals surface area contributed by atoms with Crippen LogP contribution in [0.25, 0.3) is 10.9 Å². The third kappa shape index (κ3) is 2.73. The van der Waals surface area contributed by atoms with Crippen molar-refractivity contribution >= 4 is 20.9 Å². The van der Waals surface area contributed by atoms with Gasteiger partial charge in [0.1, 0.15) is 16.3 Å². The molecule has 6 nitrogen and oxygen atoms in total. The monoisotopic (exact) mass is 357 g/mol. The summed E-state index contributed by atoms with van der Waals surface area (Å²) < 4.78 is 33.4. The molecule has 0 N–H and O–H groups in total. The molecular formula is C18H19N3O3S. The lowest BCUT2D eigenvalue weighted by atomic mass is 10.1. The Bertz CT molecular complexity index is 1040. The van der Waals surface area contributed by atoms with Crippen molar-refractivity contribution < 1.29 is 12.9 Å². The zero-order valence-corrected chi connectivity index (χ0v) is 15.0. The molecule has 1 atom stereocenters. The molecule has 0 radical (unpaired) electrons. The SMILES string of the molecule is Cc1cnc2c(S(=O)(=O)N3CCCC3c3cc(C)on3)cccc2c1. The minimum atomic E-state index is -3.68. The van der Waals surface area contributed by atoms with Crippen LogP contribution in [0, 0.1) is 13.8 Å². The lowest BCUT2D eigenvalue weighted by molar-refractivity contribution is 0.349. The van der Waals surface area contributed by atoms with Crippen molar-refractivity contribution in [2.45, 2.75) is 37.6 Å². The fraction of sp³-hybridized carbons (Fsp3) is 0.333. The topological polar surface area (TPSA) is 76.3 Å². The van der Waals surface area contributed by atoms with E-state index in [0.717, 1.165) is 23.8 Å². The van der Waals surface area contributed by atoms with Gasteiger partial charge in [0, 0.05) is 24.2 Å². The van der Waals surface area contributed by atoms with Gasteiger partial charge in [-0.15, -0.1) is 0 Å². The summed E-state index contributed by atoms with van der Waals surface area (Å²) in [5.41, 5.74) is 2.18. The van der Waals surface area contributed by atoms with Gasteiger partial charge in [-0.3, -0.25) is 4.98 Å². The molecule has 0 saturated carbocycles. The Morgan fingerprint density at radius 3 is 2.84 bits per heavy atom. The molecule has 3 aromatic rings. The third-order valence-corrected chi connectivity index (χ3v) is 6.53. The van der Waals surface area contributed by atoms with Crippen molar-refractivity contribution in [1.82, 2.24) is 14.4 Å². The predicted octanol–water partition coefficient (Wildman–Crippen LogP) is 3.37. The Kier molecular flexibility index (Phi) is 3.85. The van der Waals surface area contributed by atoms with Crippen molar-refractivity contribution in [3.63, 3.8) is 0 Å². The molecule has 0 amide bonds. The highest BCUT2D eigenvalue weighted by molar-refractivity contribution is 7.89. The smallest absolute Gasteiger partial charge is 0.245 e. The van der Waals surface area contributed by atoms with Gasteiger partial charge in [0.15, 0.2) is 0 Å². The molecule has 1 unspecified atom stereocenters.